The number of rotatable bonds is 4. The van der Waals surface area contributed by atoms with Crippen LogP contribution in [0.1, 0.15) is 6.42 Å². The summed E-state index contributed by atoms with van der Waals surface area (Å²) < 4.78 is 18.9. The van der Waals surface area contributed by atoms with Gasteiger partial charge in [-0.1, -0.05) is 12.1 Å². The van der Waals surface area contributed by atoms with E-state index >= 15 is 0 Å². The Bertz CT molecular complexity index is 432. The van der Waals surface area contributed by atoms with Crippen LogP contribution in [0.2, 0.25) is 0 Å². The lowest BCUT2D eigenvalue weighted by Gasteiger charge is -2.34. The van der Waals surface area contributed by atoms with Gasteiger partial charge >= 0.3 is 0 Å². The number of para-hydroxylation sites is 1. The summed E-state index contributed by atoms with van der Waals surface area (Å²) in [4.78, 5) is 2.44. The average Bonchev–Trinajstić information content (AvgIpc) is 2.88. The Morgan fingerprint density at radius 2 is 2.05 bits per heavy atom. The van der Waals surface area contributed by atoms with Crippen molar-refractivity contribution in [2.75, 3.05) is 39.3 Å². The quantitative estimate of drug-likeness (QED) is 0.922. The van der Waals surface area contributed by atoms with Crippen LogP contribution in [-0.2, 0) is 0 Å². The molecule has 1 N–H and O–H groups in total. The van der Waals surface area contributed by atoms with E-state index in [1.165, 1.54) is 19.0 Å². The van der Waals surface area contributed by atoms with Crippen LogP contribution in [0, 0.1) is 17.7 Å². The Balaban J connectivity index is 0.00000147. The summed E-state index contributed by atoms with van der Waals surface area (Å²) in [6.07, 6.45) is 1.28. The van der Waals surface area contributed by atoms with E-state index in [1.54, 1.807) is 18.2 Å². The van der Waals surface area contributed by atoms with Crippen LogP contribution in [0.5, 0.6) is 5.75 Å². The van der Waals surface area contributed by atoms with Gasteiger partial charge in [0.1, 0.15) is 6.61 Å². The Hall–Kier alpha value is -0.840. The van der Waals surface area contributed by atoms with Crippen molar-refractivity contribution in [1.82, 2.24) is 10.2 Å². The maximum Gasteiger partial charge on any atom is 0.165 e. The Labute approximate surface area is 125 Å². The molecule has 1 aromatic carbocycles. The summed E-state index contributed by atoms with van der Waals surface area (Å²) >= 11 is 0. The molecule has 2 heterocycles. The van der Waals surface area contributed by atoms with Gasteiger partial charge < -0.3 is 10.1 Å². The monoisotopic (exact) mass is 300 g/mol. The lowest BCUT2D eigenvalue weighted by atomic mass is 9.89. The molecule has 2 aliphatic rings. The van der Waals surface area contributed by atoms with Crippen LogP contribution >= 0.6 is 12.4 Å². The van der Waals surface area contributed by atoms with Crippen LogP contribution in [0.4, 0.5) is 4.39 Å². The lowest BCUT2D eigenvalue weighted by Crippen LogP contribution is -2.41. The highest BCUT2D eigenvalue weighted by Gasteiger charge is 2.32. The van der Waals surface area contributed by atoms with E-state index in [2.05, 4.69) is 10.2 Å². The van der Waals surface area contributed by atoms with E-state index in [9.17, 15) is 4.39 Å². The fourth-order valence-corrected chi connectivity index (χ4v) is 3.16. The fourth-order valence-electron chi connectivity index (χ4n) is 3.16. The molecular weight excluding hydrogens is 279 g/mol. The largest absolute Gasteiger partial charge is 0.489 e. The summed E-state index contributed by atoms with van der Waals surface area (Å²) in [6, 6.07) is 6.60. The molecule has 3 rings (SSSR count). The highest BCUT2D eigenvalue weighted by atomic mass is 35.5. The molecule has 3 nitrogen and oxygen atoms in total. The topological polar surface area (TPSA) is 24.5 Å². The molecule has 0 spiro atoms. The predicted molar refractivity (Wildman–Crippen MR) is 80.0 cm³/mol. The molecule has 0 bridgehead atoms. The molecule has 0 aliphatic carbocycles. The number of piperidine rings is 1. The van der Waals surface area contributed by atoms with Crippen LogP contribution in [0.25, 0.3) is 0 Å². The molecule has 2 atom stereocenters. The van der Waals surface area contributed by atoms with Crippen LogP contribution in [-0.4, -0.2) is 44.2 Å². The summed E-state index contributed by atoms with van der Waals surface area (Å²) in [5, 5.41) is 3.47. The predicted octanol–water partition coefficient (Wildman–Crippen LogP) is 2.17. The van der Waals surface area contributed by atoms with E-state index in [0.29, 0.717) is 12.4 Å². The third-order valence-electron chi connectivity index (χ3n) is 4.29. The molecule has 20 heavy (non-hydrogen) atoms. The molecule has 0 saturated carbocycles. The van der Waals surface area contributed by atoms with Crippen molar-refractivity contribution >= 4 is 12.4 Å². The maximum absolute atomic E-state index is 13.4. The van der Waals surface area contributed by atoms with Crippen molar-refractivity contribution in [3.05, 3.63) is 30.1 Å². The average molecular weight is 301 g/mol. The first-order valence-corrected chi connectivity index (χ1v) is 7.13. The Kier molecular flexibility index (Phi) is 5.64. The molecule has 0 aromatic heterocycles. The zero-order chi connectivity index (χ0) is 13.1. The van der Waals surface area contributed by atoms with Gasteiger partial charge in [0.2, 0.25) is 0 Å². The van der Waals surface area contributed by atoms with Gasteiger partial charge in [-0.2, -0.15) is 0 Å². The second-order valence-electron chi connectivity index (χ2n) is 5.55. The number of nitrogens with zero attached hydrogens (tertiary/aromatic N) is 1. The van der Waals surface area contributed by atoms with E-state index in [-0.39, 0.29) is 18.2 Å². The first-order valence-electron chi connectivity index (χ1n) is 7.13. The lowest BCUT2D eigenvalue weighted by molar-refractivity contribution is 0.126. The van der Waals surface area contributed by atoms with Gasteiger partial charge in [-0.05, 0) is 50.0 Å². The molecular formula is C15H22ClFN2O. The van der Waals surface area contributed by atoms with Crippen molar-refractivity contribution in [3.63, 3.8) is 0 Å². The van der Waals surface area contributed by atoms with Crippen molar-refractivity contribution in [3.8, 4) is 5.75 Å². The first-order chi connectivity index (χ1) is 9.33. The fraction of sp³-hybridized carbons (Fsp3) is 0.600. The number of ether oxygens (including phenoxy) is 1. The standard InChI is InChI=1S/C15H21FN2O.ClH/c16-14-3-1-2-4-15(14)19-8-7-18-6-5-12-9-17-10-13(12)11-18;/h1-4,12-13,17H,5-11H2;1H. The third-order valence-corrected chi connectivity index (χ3v) is 4.29. The van der Waals surface area contributed by atoms with Crippen LogP contribution in [0.3, 0.4) is 0 Å². The number of benzene rings is 1. The van der Waals surface area contributed by atoms with Crippen molar-refractivity contribution < 1.29 is 9.13 Å². The van der Waals surface area contributed by atoms with Crippen molar-refractivity contribution in [2.45, 2.75) is 6.42 Å². The minimum absolute atomic E-state index is 0. The zero-order valence-electron chi connectivity index (χ0n) is 11.6. The summed E-state index contributed by atoms with van der Waals surface area (Å²) in [5.41, 5.74) is 0. The van der Waals surface area contributed by atoms with Crippen molar-refractivity contribution in [1.29, 1.82) is 0 Å². The molecule has 5 heteroatoms. The van der Waals surface area contributed by atoms with Crippen LogP contribution in [0.15, 0.2) is 24.3 Å². The van der Waals surface area contributed by atoms with E-state index < -0.39 is 0 Å². The molecule has 0 amide bonds. The molecule has 0 radical (unpaired) electrons. The Morgan fingerprint density at radius 3 is 2.90 bits per heavy atom. The number of nitrogens with one attached hydrogen (secondary N) is 1. The molecule has 2 saturated heterocycles. The molecule has 2 fully saturated rings. The minimum atomic E-state index is -0.277. The summed E-state index contributed by atoms with van der Waals surface area (Å²) in [6.45, 7) is 6.07. The second kappa shape index (κ2) is 7.25. The van der Waals surface area contributed by atoms with E-state index in [0.717, 1.165) is 38.0 Å². The van der Waals surface area contributed by atoms with Crippen molar-refractivity contribution in [2.24, 2.45) is 11.8 Å². The zero-order valence-corrected chi connectivity index (χ0v) is 12.4. The normalized spacial score (nSPS) is 25.9. The number of hydrogen-bond acceptors (Lipinski definition) is 3. The van der Waals surface area contributed by atoms with Gasteiger partial charge in [-0.25, -0.2) is 4.39 Å². The van der Waals surface area contributed by atoms with Gasteiger partial charge in [-0.15, -0.1) is 12.4 Å². The summed E-state index contributed by atoms with van der Waals surface area (Å²) in [5.74, 6) is 1.74. The second-order valence-corrected chi connectivity index (χ2v) is 5.55. The number of halogens is 2. The highest BCUT2D eigenvalue weighted by Crippen LogP contribution is 2.26. The molecule has 2 unspecified atom stereocenters. The van der Waals surface area contributed by atoms with Crippen LogP contribution < -0.4 is 10.1 Å². The summed E-state index contributed by atoms with van der Waals surface area (Å²) in [7, 11) is 0. The smallest absolute Gasteiger partial charge is 0.165 e. The van der Waals surface area contributed by atoms with E-state index in [1.807, 2.05) is 0 Å². The third kappa shape index (κ3) is 3.62. The van der Waals surface area contributed by atoms with Gasteiger partial charge in [0.25, 0.3) is 0 Å². The highest BCUT2D eigenvalue weighted by molar-refractivity contribution is 5.85. The SMILES string of the molecule is Cl.Fc1ccccc1OCCN1CCC2CNCC2C1. The first kappa shape index (κ1) is 15.5. The van der Waals surface area contributed by atoms with Gasteiger partial charge in [0, 0.05) is 13.1 Å². The van der Waals surface area contributed by atoms with Gasteiger partial charge in [0.05, 0.1) is 0 Å². The minimum Gasteiger partial charge on any atom is -0.489 e. The number of fused-ring (bicyclic) bond motifs is 1. The number of hydrogen-bond donors (Lipinski definition) is 1. The van der Waals surface area contributed by atoms with Gasteiger partial charge in [-0.3, -0.25) is 4.90 Å². The molecule has 2 aliphatic heterocycles. The molecule has 112 valence electrons. The van der Waals surface area contributed by atoms with E-state index in [4.69, 9.17) is 4.74 Å². The maximum atomic E-state index is 13.4. The molecule has 1 aromatic rings. The Morgan fingerprint density at radius 1 is 1.25 bits per heavy atom. The number of likely N-dealkylation sites (tertiary alicyclic amines) is 1. The van der Waals surface area contributed by atoms with Gasteiger partial charge in [0.15, 0.2) is 11.6 Å².